The van der Waals surface area contributed by atoms with Gasteiger partial charge < -0.3 is 10.1 Å². The number of aromatic nitrogens is 4. The van der Waals surface area contributed by atoms with Gasteiger partial charge in [-0.3, -0.25) is 9.59 Å². The third kappa shape index (κ3) is 3.90. The fourth-order valence-corrected chi connectivity index (χ4v) is 3.62. The molecule has 0 saturated heterocycles. The number of methoxy groups -OCH3 is 1. The van der Waals surface area contributed by atoms with E-state index in [9.17, 15) is 9.59 Å². The number of amides is 1. The summed E-state index contributed by atoms with van der Waals surface area (Å²) < 4.78 is 7.85. The second kappa shape index (κ2) is 7.88. The Hall–Kier alpha value is -3.46. The number of rotatable bonds is 6. The summed E-state index contributed by atoms with van der Waals surface area (Å²) in [7, 11) is 1.61. The summed E-state index contributed by atoms with van der Waals surface area (Å²) in [4.78, 5) is 26.1. The first-order chi connectivity index (χ1) is 14.0. The highest BCUT2D eigenvalue weighted by molar-refractivity contribution is 7.09. The third-order valence-electron chi connectivity index (χ3n) is 4.45. The molecule has 0 spiro atoms. The first-order valence-electron chi connectivity index (χ1n) is 8.96. The molecule has 4 rings (SSSR count). The zero-order valence-corrected chi connectivity index (χ0v) is 16.8. The number of hydrogen-bond donors (Lipinski definition) is 1. The number of benzene rings is 1. The van der Waals surface area contributed by atoms with Crippen LogP contribution in [0.5, 0.6) is 5.75 Å². The van der Waals surface area contributed by atoms with Crippen molar-refractivity contribution in [3.8, 4) is 17.0 Å². The van der Waals surface area contributed by atoms with Gasteiger partial charge in [0.15, 0.2) is 0 Å². The van der Waals surface area contributed by atoms with Crippen LogP contribution < -0.4 is 15.6 Å². The smallest absolute Gasteiger partial charge is 0.293 e. The van der Waals surface area contributed by atoms with E-state index in [4.69, 9.17) is 4.74 Å². The topological polar surface area (TPSA) is 90.5 Å². The molecule has 9 heteroatoms. The van der Waals surface area contributed by atoms with Crippen molar-refractivity contribution in [1.82, 2.24) is 24.7 Å². The van der Waals surface area contributed by atoms with Crippen molar-refractivity contribution in [1.29, 1.82) is 0 Å². The van der Waals surface area contributed by atoms with Crippen LogP contribution in [0.25, 0.3) is 16.8 Å². The largest absolute Gasteiger partial charge is 0.497 e. The second-order valence-electron chi connectivity index (χ2n) is 6.42. The van der Waals surface area contributed by atoms with Crippen molar-refractivity contribution in [2.45, 2.75) is 20.0 Å². The molecule has 148 valence electrons. The molecule has 1 amide bonds. The molecule has 3 aromatic heterocycles. The minimum Gasteiger partial charge on any atom is -0.497 e. The second-order valence-corrected chi connectivity index (χ2v) is 7.45. The Kier molecular flexibility index (Phi) is 5.13. The van der Waals surface area contributed by atoms with Gasteiger partial charge >= 0.3 is 0 Å². The highest BCUT2D eigenvalue weighted by Crippen LogP contribution is 2.22. The molecule has 29 heavy (non-hydrogen) atoms. The number of fused-ring (bicyclic) bond motifs is 1. The Morgan fingerprint density at radius 3 is 2.69 bits per heavy atom. The Bertz CT molecular complexity index is 1210. The Balaban J connectivity index is 1.60. The lowest BCUT2D eigenvalue weighted by atomic mass is 10.1. The number of carbonyl (C=O) groups is 1. The van der Waals surface area contributed by atoms with Gasteiger partial charge in [0.2, 0.25) is 5.91 Å². The molecule has 4 aromatic rings. The van der Waals surface area contributed by atoms with Crippen LogP contribution in [0.15, 0.2) is 52.6 Å². The van der Waals surface area contributed by atoms with Gasteiger partial charge in [-0.15, -0.1) is 11.3 Å². The molecule has 0 radical (unpaired) electrons. The molecule has 8 nitrogen and oxygen atoms in total. The summed E-state index contributed by atoms with van der Waals surface area (Å²) in [5.41, 5.74) is 1.51. The fourth-order valence-electron chi connectivity index (χ4n) is 2.98. The average molecular weight is 409 g/mol. The number of hydrogen-bond acceptors (Lipinski definition) is 6. The molecule has 0 aliphatic heterocycles. The lowest BCUT2D eigenvalue weighted by Gasteiger charge is -2.07. The van der Waals surface area contributed by atoms with Crippen LogP contribution in [0.3, 0.4) is 0 Å². The normalized spacial score (nSPS) is 11.0. The first-order valence-corrected chi connectivity index (χ1v) is 9.84. The number of aryl methyl sites for hydroxylation is 1. The molecular formula is C20H19N5O3S. The van der Waals surface area contributed by atoms with Crippen LogP contribution >= 0.6 is 11.3 Å². The van der Waals surface area contributed by atoms with Crippen molar-refractivity contribution in [3.05, 3.63) is 68.9 Å². The van der Waals surface area contributed by atoms with Crippen molar-refractivity contribution in [2.24, 2.45) is 0 Å². The van der Waals surface area contributed by atoms with Gasteiger partial charge in [-0.05, 0) is 48.7 Å². The fraction of sp³-hybridized carbons (Fsp3) is 0.200. The van der Waals surface area contributed by atoms with E-state index in [2.05, 4.69) is 15.5 Å². The van der Waals surface area contributed by atoms with E-state index in [0.717, 1.165) is 16.2 Å². The predicted octanol–water partition coefficient (Wildman–Crippen LogP) is 2.25. The van der Waals surface area contributed by atoms with E-state index in [0.29, 0.717) is 23.6 Å². The van der Waals surface area contributed by atoms with Gasteiger partial charge in [0, 0.05) is 10.4 Å². The molecule has 0 aliphatic rings. The lowest BCUT2D eigenvalue weighted by Crippen LogP contribution is -2.34. The van der Waals surface area contributed by atoms with E-state index in [1.165, 1.54) is 9.20 Å². The van der Waals surface area contributed by atoms with Gasteiger partial charge in [-0.2, -0.15) is 10.2 Å². The summed E-state index contributed by atoms with van der Waals surface area (Å²) in [6.07, 6.45) is 0. The van der Waals surface area contributed by atoms with Crippen molar-refractivity contribution in [2.75, 3.05) is 7.11 Å². The molecule has 0 fully saturated rings. The molecule has 0 saturated carbocycles. The van der Waals surface area contributed by atoms with Crippen molar-refractivity contribution >= 4 is 22.8 Å². The van der Waals surface area contributed by atoms with Crippen molar-refractivity contribution in [3.63, 3.8) is 0 Å². The summed E-state index contributed by atoms with van der Waals surface area (Å²) in [5.74, 6) is 0.989. The molecule has 0 aliphatic carbocycles. The predicted molar refractivity (Wildman–Crippen MR) is 110 cm³/mol. The number of ether oxygens (including phenoxy) is 1. The summed E-state index contributed by atoms with van der Waals surface area (Å²) in [6.45, 7) is 2.03. The molecule has 1 N–H and O–H groups in total. The molecule has 0 atom stereocenters. The molecule has 0 bridgehead atoms. The van der Waals surface area contributed by atoms with Crippen LogP contribution in [0.4, 0.5) is 0 Å². The third-order valence-corrected chi connectivity index (χ3v) is 5.33. The Morgan fingerprint density at radius 1 is 1.21 bits per heavy atom. The zero-order valence-electron chi connectivity index (χ0n) is 16.0. The standard InChI is InChI=1S/C20H19N5O3S/c1-13-22-24(12-19(26)21-11-16-4-3-9-29-16)20(27)18-10-17(23-25(13)18)14-5-7-15(28-2)8-6-14/h3-10H,11-12H2,1-2H3,(H,21,26). The zero-order chi connectivity index (χ0) is 20.4. The van der Waals surface area contributed by atoms with Crippen molar-refractivity contribution < 1.29 is 9.53 Å². The molecule has 3 heterocycles. The van der Waals surface area contributed by atoms with Gasteiger partial charge in [-0.1, -0.05) is 6.07 Å². The summed E-state index contributed by atoms with van der Waals surface area (Å²) >= 11 is 1.56. The molecule has 1 aromatic carbocycles. The monoisotopic (exact) mass is 409 g/mol. The van der Waals surface area contributed by atoms with Crippen LogP contribution in [-0.4, -0.2) is 32.4 Å². The quantitative estimate of drug-likeness (QED) is 0.528. The highest BCUT2D eigenvalue weighted by Gasteiger charge is 2.15. The van der Waals surface area contributed by atoms with E-state index in [1.54, 1.807) is 31.4 Å². The van der Waals surface area contributed by atoms with E-state index < -0.39 is 0 Å². The lowest BCUT2D eigenvalue weighted by molar-refractivity contribution is -0.122. The Labute approximate surface area is 170 Å². The number of carbonyl (C=O) groups excluding carboxylic acids is 1. The molecule has 0 unspecified atom stereocenters. The highest BCUT2D eigenvalue weighted by atomic mass is 32.1. The van der Waals surface area contributed by atoms with Crippen LogP contribution in [-0.2, 0) is 17.9 Å². The van der Waals surface area contributed by atoms with Crippen LogP contribution in [0.2, 0.25) is 0 Å². The summed E-state index contributed by atoms with van der Waals surface area (Å²) in [5, 5.41) is 13.5. The van der Waals surface area contributed by atoms with Gasteiger partial charge in [0.25, 0.3) is 5.56 Å². The maximum Gasteiger partial charge on any atom is 0.293 e. The number of nitrogens with one attached hydrogen (secondary N) is 1. The molecular weight excluding hydrogens is 390 g/mol. The minimum atomic E-state index is -0.367. The van der Waals surface area contributed by atoms with E-state index in [1.807, 2.05) is 41.8 Å². The van der Waals surface area contributed by atoms with Crippen LogP contribution in [0, 0.1) is 6.92 Å². The number of nitrogens with zero attached hydrogens (tertiary/aromatic N) is 4. The average Bonchev–Trinajstić information content (AvgIpc) is 3.41. The van der Waals surface area contributed by atoms with E-state index in [-0.39, 0.29) is 18.0 Å². The maximum atomic E-state index is 12.8. The van der Waals surface area contributed by atoms with Gasteiger partial charge in [0.05, 0.1) is 19.3 Å². The number of thiophene rings is 1. The maximum absolute atomic E-state index is 12.8. The van der Waals surface area contributed by atoms with Crippen LogP contribution in [0.1, 0.15) is 10.7 Å². The van der Waals surface area contributed by atoms with Gasteiger partial charge in [0.1, 0.15) is 23.6 Å². The van der Waals surface area contributed by atoms with E-state index >= 15 is 0 Å². The van der Waals surface area contributed by atoms with Gasteiger partial charge in [-0.25, -0.2) is 9.20 Å². The minimum absolute atomic E-state index is 0.148. The first kappa shape index (κ1) is 18.9. The summed E-state index contributed by atoms with van der Waals surface area (Å²) in [6, 6.07) is 13.0. The Morgan fingerprint density at radius 2 is 2.00 bits per heavy atom. The SMILES string of the molecule is COc1ccc(-c2cc3c(=O)n(CC(=O)NCc4cccs4)nc(C)n3n2)cc1.